The zero-order valence-electron chi connectivity index (χ0n) is 8.28. The maximum absolute atomic E-state index is 5.99. The number of rotatable bonds is 3. The van der Waals surface area contributed by atoms with Gasteiger partial charge < -0.3 is 5.73 Å². The van der Waals surface area contributed by atoms with Gasteiger partial charge in [0.2, 0.25) is 0 Å². The highest BCUT2D eigenvalue weighted by atomic mass is 14.7. The maximum Gasteiger partial charge on any atom is 0.0102 e. The summed E-state index contributed by atoms with van der Waals surface area (Å²) < 4.78 is 0. The van der Waals surface area contributed by atoms with Crippen LogP contribution in [0.3, 0.4) is 0 Å². The molecule has 0 bridgehead atoms. The highest BCUT2D eigenvalue weighted by Gasteiger charge is 2.39. The van der Waals surface area contributed by atoms with E-state index in [9.17, 15) is 0 Å². The molecule has 1 heteroatoms. The zero-order valence-corrected chi connectivity index (χ0v) is 8.28. The van der Waals surface area contributed by atoms with Gasteiger partial charge in [-0.05, 0) is 44.4 Å². The fourth-order valence-corrected chi connectivity index (χ4v) is 2.18. The second-order valence-corrected chi connectivity index (χ2v) is 5.43. The van der Waals surface area contributed by atoms with Crippen LogP contribution in [0.4, 0.5) is 0 Å². The quantitative estimate of drug-likeness (QED) is 0.666. The van der Waals surface area contributed by atoms with Crippen LogP contribution in [0, 0.1) is 11.3 Å². The average Bonchev–Trinajstić information content (AvgIpc) is 2.30. The average molecular weight is 155 g/mol. The van der Waals surface area contributed by atoms with Crippen LogP contribution in [-0.2, 0) is 0 Å². The number of hydrogen-bond donors (Lipinski definition) is 1. The standard InChI is InChI=1S/C10H21N/c1-9(2,8-5-6-8)7-10(3,4)11/h8H,5-7,11H2,1-4H3. The molecule has 0 aromatic heterocycles. The van der Waals surface area contributed by atoms with Gasteiger partial charge in [-0.25, -0.2) is 0 Å². The smallest absolute Gasteiger partial charge is 0.0102 e. The first kappa shape index (κ1) is 9.05. The Morgan fingerprint density at radius 1 is 1.18 bits per heavy atom. The van der Waals surface area contributed by atoms with Crippen molar-refractivity contribution in [1.29, 1.82) is 0 Å². The van der Waals surface area contributed by atoms with Gasteiger partial charge in [0.15, 0.2) is 0 Å². The van der Waals surface area contributed by atoms with Crippen molar-refractivity contribution in [2.75, 3.05) is 0 Å². The fraction of sp³-hybridized carbons (Fsp3) is 1.00. The summed E-state index contributed by atoms with van der Waals surface area (Å²) in [5.41, 5.74) is 6.46. The Balaban J connectivity index is 2.45. The van der Waals surface area contributed by atoms with Gasteiger partial charge in [-0.1, -0.05) is 13.8 Å². The van der Waals surface area contributed by atoms with Crippen LogP contribution in [0.5, 0.6) is 0 Å². The summed E-state index contributed by atoms with van der Waals surface area (Å²) in [5.74, 6) is 0.949. The van der Waals surface area contributed by atoms with E-state index in [1.807, 2.05) is 0 Å². The zero-order chi connectivity index (χ0) is 8.70. The first-order valence-corrected chi connectivity index (χ1v) is 4.60. The summed E-state index contributed by atoms with van der Waals surface area (Å²) in [6, 6.07) is 0. The minimum Gasteiger partial charge on any atom is -0.326 e. The van der Waals surface area contributed by atoms with Crippen LogP contribution in [0.1, 0.15) is 47.0 Å². The minimum absolute atomic E-state index is 0.00604. The molecule has 1 fully saturated rings. The molecule has 0 aliphatic heterocycles. The molecule has 1 rings (SSSR count). The van der Waals surface area contributed by atoms with Crippen LogP contribution in [-0.4, -0.2) is 5.54 Å². The topological polar surface area (TPSA) is 26.0 Å². The van der Waals surface area contributed by atoms with Gasteiger partial charge in [-0.15, -0.1) is 0 Å². The van der Waals surface area contributed by atoms with Crippen molar-refractivity contribution in [2.45, 2.75) is 52.5 Å². The van der Waals surface area contributed by atoms with E-state index in [-0.39, 0.29) is 5.54 Å². The second kappa shape index (κ2) is 2.48. The summed E-state index contributed by atoms with van der Waals surface area (Å²) in [4.78, 5) is 0. The predicted octanol–water partition coefficient (Wildman–Crippen LogP) is 2.55. The molecule has 0 heterocycles. The highest BCUT2D eigenvalue weighted by Crippen LogP contribution is 2.48. The Bertz CT molecular complexity index is 137. The van der Waals surface area contributed by atoms with E-state index in [1.54, 1.807) is 0 Å². The normalized spacial score (nSPS) is 20.5. The third-order valence-corrected chi connectivity index (χ3v) is 2.59. The van der Waals surface area contributed by atoms with Crippen molar-refractivity contribution in [3.05, 3.63) is 0 Å². The maximum atomic E-state index is 5.99. The molecule has 2 N–H and O–H groups in total. The highest BCUT2D eigenvalue weighted by molar-refractivity contribution is 4.92. The first-order chi connectivity index (χ1) is 4.81. The van der Waals surface area contributed by atoms with E-state index in [0.29, 0.717) is 5.41 Å². The molecule has 0 amide bonds. The SMILES string of the molecule is CC(C)(N)CC(C)(C)C1CC1. The lowest BCUT2D eigenvalue weighted by Crippen LogP contribution is -2.38. The number of nitrogens with two attached hydrogens (primary N) is 1. The van der Waals surface area contributed by atoms with Crippen molar-refractivity contribution in [2.24, 2.45) is 17.1 Å². The summed E-state index contributed by atoms with van der Waals surface area (Å²) in [5, 5.41) is 0. The van der Waals surface area contributed by atoms with Gasteiger partial charge in [-0.2, -0.15) is 0 Å². The summed E-state index contributed by atoms with van der Waals surface area (Å²) in [6.45, 7) is 8.94. The largest absolute Gasteiger partial charge is 0.326 e. The predicted molar refractivity (Wildman–Crippen MR) is 49.4 cm³/mol. The molecule has 1 aliphatic carbocycles. The summed E-state index contributed by atoms with van der Waals surface area (Å²) in [6.07, 6.45) is 3.98. The van der Waals surface area contributed by atoms with Crippen LogP contribution < -0.4 is 5.73 Å². The van der Waals surface area contributed by atoms with E-state index in [2.05, 4.69) is 27.7 Å². The summed E-state index contributed by atoms with van der Waals surface area (Å²) in [7, 11) is 0. The molecule has 1 saturated carbocycles. The Morgan fingerprint density at radius 2 is 1.64 bits per heavy atom. The van der Waals surface area contributed by atoms with E-state index >= 15 is 0 Å². The van der Waals surface area contributed by atoms with Crippen molar-refractivity contribution >= 4 is 0 Å². The molecule has 0 atom stereocenters. The van der Waals surface area contributed by atoms with Gasteiger partial charge in [0, 0.05) is 5.54 Å². The Morgan fingerprint density at radius 3 is 1.91 bits per heavy atom. The van der Waals surface area contributed by atoms with Gasteiger partial charge >= 0.3 is 0 Å². The Labute approximate surface area is 70.4 Å². The van der Waals surface area contributed by atoms with Crippen molar-refractivity contribution in [3.8, 4) is 0 Å². The second-order valence-electron chi connectivity index (χ2n) is 5.43. The van der Waals surface area contributed by atoms with E-state index in [4.69, 9.17) is 5.73 Å². The molecule has 0 saturated heterocycles. The van der Waals surface area contributed by atoms with Crippen LogP contribution in [0.15, 0.2) is 0 Å². The van der Waals surface area contributed by atoms with Crippen LogP contribution >= 0.6 is 0 Å². The molecule has 0 radical (unpaired) electrons. The van der Waals surface area contributed by atoms with Gasteiger partial charge in [0.05, 0.1) is 0 Å². The monoisotopic (exact) mass is 155 g/mol. The lowest BCUT2D eigenvalue weighted by atomic mass is 9.77. The van der Waals surface area contributed by atoms with Gasteiger partial charge in [0.25, 0.3) is 0 Å². The molecule has 0 spiro atoms. The first-order valence-electron chi connectivity index (χ1n) is 4.60. The van der Waals surface area contributed by atoms with Crippen molar-refractivity contribution in [1.82, 2.24) is 0 Å². The lowest BCUT2D eigenvalue weighted by molar-refractivity contribution is 0.223. The van der Waals surface area contributed by atoms with E-state index < -0.39 is 0 Å². The molecule has 0 unspecified atom stereocenters. The molecule has 1 aliphatic rings. The van der Waals surface area contributed by atoms with E-state index in [1.165, 1.54) is 12.8 Å². The third-order valence-electron chi connectivity index (χ3n) is 2.59. The molecule has 0 aromatic carbocycles. The van der Waals surface area contributed by atoms with Crippen molar-refractivity contribution < 1.29 is 0 Å². The molecule has 11 heavy (non-hydrogen) atoms. The van der Waals surface area contributed by atoms with Crippen molar-refractivity contribution in [3.63, 3.8) is 0 Å². The van der Waals surface area contributed by atoms with Gasteiger partial charge in [0.1, 0.15) is 0 Å². The molecule has 66 valence electrons. The van der Waals surface area contributed by atoms with Crippen LogP contribution in [0.2, 0.25) is 0 Å². The molecular formula is C10H21N. The fourth-order valence-electron chi connectivity index (χ4n) is 2.18. The Hall–Kier alpha value is -0.0400. The molecular weight excluding hydrogens is 134 g/mol. The Kier molecular flexibility index (Phi) is 2.04. The van der Waals surface area contributed by atoms with E-state index in [0.717, 1.165) is 12.3 Å². The summed E-state index contributed by atoms with van der Waals surface area (Å²) >= 11 is 0. The van der Waals surface area contributed by atoms with Gasteiger partial charge in [-0.3, -0.25) is 0 Å². The third kappa shape index (κ3) is 2.82. The lowest BCUT2D eigenvalue weighted by Gasteiger charge is -2.32. The minimum atomic E-state index is 0.00604. The number of hydrogen-bond acceptors (Lipinski definition) is 1. The molecule has 1 nitrogen and oxygen atoms in total. The van der Waals surface area contributed by atoms with Crippen LogP contribution in [0.25, 0.3) is 0 Å². The molecule has 0 aromatic rings.